The lowest BCUT2D eigenvalue weighted by molar-refractivity contribution is -0.00160. The van der Waals surface area contributed by atoms with Gasteiger partial charge in [0.05, 0.1) is 6.10 Å². The van der Waals surface area contributed by atoms with Crippen LogP contribution in [-0.2, 0) is 4.74 Å². The molecule has 5 nitrogen and oxygen atoms in total. The van der Waals surface area contributed by atoms with Crippen LogP contribution in [0.1, 0.15) is 13.8 Å². The summed E-state index contributed by atoms with van der Waals surface area (Å²) >= 11 is 0. The van der Waals surface area contributed by atoms with Gasteiger partial charge in [-0.3, -0.25) is 0 Å². The molecule has 1 aromatic rings. The fraction of sp³-hybridized carbons (Fsp3) is 0.467. The first-order valence-corrected chi connectivity index (χ1v) is 6.49. The number of ether oxygens (including phenoxy) is 2. The van der Waals surface area contributed by atoms with E-state index in [-0.39, 0.29) is 12.0 Å². The Morgan fingerprint density at radius 2 is 2.10 bits per heavy atom. The van der Waals surface area contributed by atoms with Crippen molar-refractivity contribution in [2.75, 3.05) is 13.7 Å². The first-order chi connectivity index (χ1) is 9.58. The zero-order chi connectivity index (χ0) is 15.0. The van der Waals surface area contributed by atoms with Crippen LogP contribution in [0.5, 0.6) is 6.01 Å². The van der Waals surface area contributed by atoms with Crippen molar-refractivity contribution in [2.45, 2.75) is 26.1 Å². The van der Waals surface area contributed by atoms with E-state index in [2.05, 4.69) is 16.5 Å². The quantitative estimate of drug-likeness (QED) is 0.737. The van der Waals surface area contributed by atoms with E-state index in [0.717, 1.165) is 5.57 Å². The Bertz CT molecular complexity index is 434. The summed E-state index contributed by atoms with van der Waals surface area (Å²) in [5.41, 5.74) is 0.989. The highest BCUT2D eigenvalue weighted by molar-refractivity contribution is 5.06. The van der Waals surface area contributed by atoms with Crippen LogP contribution in [0, 0.1) is 5.92 Å². The van der Waals surface area contributed by atoms with E-state index in [9.17, 15) is 5.11 Å². The summed E-state index contributed by atoms with van der Waals surface area (Å²) in [7, 11) is 1.55. The number of aliphatic hydroxyl groups excluding tert-OH is 1. The summed E-state index contributed by atoms with van der Waals surface area (Å²) in [5.74, 6) is -0.0711. The molecule has 0 aliphatic rings. The molecule has 0 aromatic carbocycles. The molecule has 0 radical (unpaired) electrons. The fourth-order valence-electron chi connectivity index (χ4n) is 1.81. The molecule has 1 heterocycles. The van der Waals surface area contributed by atoms with Crippen LogP contribution in [0.25, 0.3) is 0 Å². The molecule has 0 fully saturated rings. The van der Waals surface area contributed by atoms with Gasteiger partial charge >= 0.3 is 6.01 Å². The molecular weight excluding hydrogens is 256 g/mol. The highest BCUT2D eigenvalue weighted by Gasteiger charge is 2.20. The topological polar surface area (TPSA) is 64.5 Å². The van der Waals surface area contributed by atoms with Gasteiger partial charge in [0.25, 0.3) is 0 Å². The molecule has 110 valence electrons. The highest BCUT2D eigenvalue weighted by atomic mass is 16.5. The zero-order valence-electron chi connectivity index (χ0n) is 12.2. The fourth-order valence-corrected chi connectivity index (χ4v) is 1.81. The van der Waals surface area contributed by atoms with Crippen molar-refractivity contribution < 1.29 is 14.6 Å². The standard InChI is InChI=1S/C15H22N2O3/c1-5-13(19-4)14(18)12(3)9-11(2)10-20-15-16-7-6-8-17-15/h5-9,12-14,18H,1,10H2,2-4H3. The average molecular weight is 278 g/mol. The summed E-state index contributed by atoms with van der Waals surface area (Å²) in [4.78, 5) is 7.95. The number of methoxy groups -OCH3 is 1. The van der Waals surface area contributed by atoms with Gasteiger partial charge in [-0.25, -0.2) is 9.97 Å². The molecular formula is C15H22N2O3. The lowest BCUT2D eigenvalue weighted by Crippen LogP contribution is -2.31. The Hall–Kier alpha value is -1.72. The van der Waals surface area contributed by atoms with E-state index < -0.39 is 6.10 Å². The van der Waals surface area contributed by atoms with Crippen LogP contribution >= 0.6 is 0 Å². The predicted octanol–water partition coefficient (Wildman–Crippen LogP) is 2.00. The van der Waals surface area contributed by atoms with Crippen LogP contribution in [0.2, 0.25) is 0 Å². The monoisotopic (exact) mass is 278 g/mol. The van der Waals surface area contributed by atoms with Crippen LogP contribution in [0.3, 0.4) is 0 Å². The number of hydrogen-bond acceptors (Lipinski definition) is 5. The second-order valence-corrected chi connectivity index (χ2v) is 4.62. The minimum absolute atomic E-state index is 0.0711. The molecule has 3 atom stereocenters. The molecule has 0 aliphatic carbocycles. The van der Waals surface area contributed by atoms with Gasteiger partial charge in [-0.2, -0.15) is 0 Å². The van der Waals surface area contributed by atoms with Crippen molar-refractivity contribution in [1.29, 1.82) is 0 Å². The van der Waals surface area contributed by atoms with Crippen molar-refractivity contribution in [3.63, 3.8) is 0 Å². The summed E-state index contributed by atoms with van der Waals surface area (Å²) in [6, 6.07) is 2.07. The zero-order valence-corrected chi connectivity index (χ0v) is 12.2. The smallest absolute Gasteiger partial charge is 0.316 e. The first-order valence-electron chi connectivity index (χ1n) is 6.49. The maximum Gasteiger partial charge on any atom is 0.316 e. The van der Waals surface area contributed by atoms with Crippen molar-refractivity contribution in [1.82, 2.24) is 9.97 Å². The maximum absolute atomic E-state index is 10.1. The SMILES string of the molecule is C=CC(OC)C(O)C(C)C=C(C)COc1ncccn1. The summed E-state index contributed by atoms with van der Waals surface area (Å²) in [6.07, 6.45) is 5.77. The van der Waals surface area contributed by atoms with Gasteiger partial charge in [-0.1, -0.05) is 19.1 Å². The molecule has 0 amide bonds. The van der Waals surface area contributed by atoms with Crippen molar-refractivity contribution in [2.24, 2.45) is 5.92 Å². The maximum atomic E-state index is 10.1. The van der Waals surface area contributed by atoms with Gasteiger partial charge in [-0.05, 0) is 18.6 Å². The van der Waals surface area contributed by atoms with Gasteiger partial charge in [0.15, 0.2) is 0 Å². The van der Waals surface area contributed by atoms with Gasteiger partial charge in [-0.15, -0.1) is 6.58 Å². The second-order valence-electron chi connectivity index (χ2n) is 4.62. The third-order valence-electron chi connectivity index (χ3n) is 2.90. The lowest BCUT2D eigenvalue weighted by Gasteiger charge is -2.22. The van der Waals surface area contributed by atoms with Gasteiger partial charge in [0.1, 0.15) is 12.7 Å². The minimum Gasteiger partial charge on any atom is -0.459 e. The van der Waals surface area contributed by atoms with E-state index in [4.69, 9.17) is 9.47 Å². The number of hydrogen-bond donors (Lipinski definition) is 1. The molecule has 20 heavy (non-hydrogen) atoms. The van der Waals surface area contributed by atoms with Crippen LogP contribution in [-0.4, -0.2) is 41.0 Å². The van der Waals surface area contributed by atoms with Crippen LogP contribution < -0.4 is 4.74 Å². The van der Waals surface area contributed by atoms with Gasteiger partial charge in [0.2, 0.25) is 0 Å². The second kappa shape index (κ2) is 8.45. The molecule has 0 bridgehead atoms. The third-order valence-corrected chi connectivity index (χ3v) is 2.90. The Morgan fingerprint density at radius 1 is 1.45 bits per heavy atom. The minimum atomic E-state index is -0.638. The summed E-state index contributed by atoms with van der Waals surface area (Å²) in [6.45, 7) is 7.88. The summed E-state index contributed by atoms with van der Waals surface area (Å²) in [5, 5.41) is 10.1. The Balaban J connectivity index is 2.53. The van der Waals surface area contributed by atoms with Crippen molar-refractivity contribution in [3.05, 3.63) is 42.8 Å². The number of aromatic nitrogens is 2. The van der Waals surface area contributed by atoms with Gasteiger partial charge < -0.3 is 14.6 Å². The highest BCUT2D eigenvalue weighted by Crippen LogP contribution is 2.14. The number of aliphatic hydroxyl groups is 1. The molecule has 0 saturated heterocycles. The van der Waals surface area contributed by atoms with E-state index in [1.165, 1.54) is 0 Å². The van der Waals surface area contributed by atoms with Crippen molar-refractivity contribution in [3.8, 4) is 6.01 Å². The lowest BCUT2D eigenvalue weighted by atomic mass is 9.97. The normalized spacial score (nSPS) is 16.3. The van der Waals surface area contributed by atoms with Crippen LogP contribution in [0.4, 0.5) is 0 Å². The molecule has 1 N–H and O–H groups in total. The van der Waals surface area contributed by atoms with E-state index in [1.54, 1.807) is 31.6 Å². The largest absolute Gasteiger partial charge is 0.459 e. The predicted molar refractivity (Wildman–Crippen MR) is 77.4 cm³/mol. The van der Waals surface area contributed by atoms with E-state index in [1.807, 2.05) is 19.9 Å². The Kier molecular flexibility index (Phi) is 6.90. The number of nitrogens with zero attached hydrogens (tertiary/aromatic N) is 2. The molecule has 0 aliphatic heterocycles. The van der Waals surface area contributed by atoms with E-state index in [0.29, 0.717) is 12.6 Å². The average Bonchev–Trinajstić information content (AvgIpc) is 2.47. The molecule has 0 saturated carbocycles. The molecule has 1 rings (SSSR count). The Morgan fingerprint density at radius 3 is 2.65 bits per heavy atom. The summed E-state index contributed by atoms with van der Waals surface area (Å²) < 4.78 is 10.6. The Labute approximate surface area is 120 Å². The van der Waals surface area contributed by atoms with Crippen molar-refractivity contribution >= 4 is 0 Å². The van der Waals surface area contributed by atoms with Gasteiger partial charge in [0, 0.05) is 25.4 Å². The van der Waals surface area contributed by atoms with Crippen LogP contribution in [0.15, 0.2) is 42.8 Å². The molecule has 0 spiro atoms. The first kappa shape index (κ1) is 16.3. The van der Waals surface area contributed by atoms with E-state index >= 15 is 0 Å². The molecule has 1 aromatic heterocycles. The number of rotatable bonds is 8. The molecule has 5 heteroatoms. The molecule has 3 unspecified atom stereocenters. The third kappa shape index (κ3) is 5.11.